The quantitative estimate of drug-likeness (QED) is 0.219. The Bertz CT molecular complexity index is 1740. The largest absolute Gasteiger partial charge is 0.711 e. The smallest absolute Gasteiger partial charge is 0.289 e. The van der Waals surface area contributed by atoms with Crippen molar-refractivity contribution in [2.45, 2.75) is 12.6 Å². The van der Waals surface area contributed by atoms with E-state index in [0.717, 1.165) is 6.33 Å². The summed E-state index contributed by atoms with van der Waals surface area (Å²) in [5.74, 6) is -0.711. The van der Waals surface area contributed by atoms with E-state index in [4.69, 9.17) is 11.6 Å². The van der Waals surface area contributed by atoms with E-state index in [1.807, 2.05) is 0 Å². The van der Waals surface area contributed by atoms with E-state index in [1.165, 1.54) is 29.5 Å². The molecule has 0 N–H and O–H groups in total. The molecule has 0 bridgehead atoms. The van der Waals surface area contributed by atoms with E-state index in [9.17, 15) is 10.4 Å². The molecule has 0 aliphatic rings. The summed E-state index contributed by atoms with van der Waals surface area (Å²) in [7, 11) is 0. The fraction of sp³-hybridized carbons (Fsp3) is 0.0833. The first-order chi connectivity index (χ1) is 19.0. The highest BCUT2D eigenvalue weighted by atomic mass is 35.5. The molecule has 0 saturated heterocycles. The predicted molar refractivity (Wildman–Crippen MR) is 133 cm³/mol. The van der Waals surface area contributed by atoms with Gasteiger partial charge in [0.05, 0.1) is 46.3 Å². The first-order valence-electron chi connectivity index (χ1n) is 11.5. The Kier molecular flexibility index (Phi) is 6.13. The van der Waals surface area contributed by atoms with Crippen molar-refractivity contribution in [3.63, 3.8) is 0 Å². The van der Waals surface area contributed by atoms with Crippen molar-refractivity contribution in [1.82, 2.24) is 44.8 Å². The van der Waals surface area contributed by atoms with Gasteiger partial charge in [0.1, 0.15) is 6.33 Å². The zero-order valence-corrected chi connectivity index (χ0v) is 20.6. The lowest BCUT2D eigenvalue weighted by Crippen LogP contribution is -2.37. The van der Waals surface area contributed by atoms with Crippen LogP contribution in [0.4, 0.5) is 4.39 Å². The van der Waals surface area contributed by atoms with Crippen LogP contribution in [0.15, 0.2) is 86.2 Å². The molecule has 1 unspecified atom stereocenters. The maximum atomic E-state index is 15.3. The Labute approximate surface area is 224 Å². The number of hydrogen-bond donors (Lipinski definition) is 0. The lowest BCUT2D eigenvalue weighted by atomic mass is 10.0. The summed E-state index contributed by atoms with van der Waals surface area (Å²) < 4.78 is 21.1. The third-order valence-electron chi connectivity index (χ3n) is 6.07. The van der Waals surface area contributed by atoms with Crippen LogP contribution in [0, 0.1) is 16.2 Å². The van der Waals surface area contributed by atoms with Gasteiger partial charge in [-0.2, -0.15) is 19.6 Å². The number of hydrogen-bond acceptors (Lipinski definition) is 8. The molecule has 0 aliphatic heterocycles. The van der Waals surface area contributed by atoms with Crippen LogP contribution in [-0.4, -0.2) is 44.8 Å². The van der Waals surface area contributed by atoms with Gasteiger partial charge in [0.15, 0.2) is 23.7 Å². The van der Waals surface area contributed by atoms with Gasteiger partial charge in [-0.3, -0.25) is 9.36 Å². The number of tetrazole rings is 1. The Balaban J connectivity index is 1.42. The molecule has 39 heavy (non-hydrogen) atoms. The number of pyridine rings is 1. The van der Waals surface area contributed by atoms with E-state index >= 15 is 4.39 Å². The molecule has 0 spiro atoms. The molecule has 194 valence electrons. The zero-order valence-electron chi connectivity index (χ0n) is 19.9. The summed E-state index contributed by atoms with van der Waals surface area (Å²) in [4.78, 5) is 4.13. The van der Waals surface area contributed by atoms with E-state index < -0.39 is 11.9 Å². The van der Waals surface area contributed by atoms with Gasteiger partial charge in [-0.1, -0.05) is 11.6 Å². The van der Waals surface area contributed by atoms with Crippen LogP contribution >= 0.6 is 11.6 Å². The topological polar surface area (TPSA) is 146 Å². The molecule has 6 aromatic rings. The third kappa shape index (κ3) is 4.64. The lowest BCUT2D eigenvalue weighted by molar-refractivity contribution is -0.615. The highest BCUT2D eigenvalue weighted by molar-refractivity contribution is 6.31. The van der Waals surface area contributed by atoms with Crippen molar-refractivity contribution >= 4 is 11.6 Å². The average Bonchev–Trinajstić information content (AvgIpc) is 3.73. The SMILES string of the molecule is [O-][n+]1ccc(-c2cnn(C(Cn3cccn3)c3ccc(-c4c(-n5cnnn5)ccc(Cl)c4F)c[n+]3[O-])c2)nc1. The summed E-state index contributed by atoms with van der Waals surface area (Å²) in [6.07, 6.45) is 11.8. The van der Waals surface area contributed by atoms with E-state index in [2.05, 4.69) is 30.7 Å². The van der Waals surface area contributed by atoms with Crippen LogP contribution in [0.2, 0.25) is 5.02 Å². The van der Waals surface area contributed by atoms with Crippen LogP contribution in [0.25, 0.3) is 28.1 Å². The van der Waals surface area contributed by atoms with Gasteiger partial charge in [0.2, 0.25) is 5.69 Å². The standard InChI is InChI=1S/C24H17ClFN11O2/c25-18-3-5-21(36-15-28-31-32-36)23(24(18)26)16-2-4-20(37(39)12-16)22(13-33-8-1-7-29-33)35-11-17(10-30-35)19-6-9-34(38)14-27-19/h1-12,14-15,22H,13H2. The molecule has 1 atom stereocenters. The summed E-state index contributed by atoms with van der Waals surface area (Å²) in [5, 5.41) is 44.5. The summed E-state index contributed by atoms with van der Waals surface area (Å²) in [6.45, 7) is 0.278. The van der Waals surface area contributed by atoms with Crippen molar-refractivity contribution < 1.29 is 13.9 Å². The number of halogens is 2. The number of rotatable bonds is 7. The van der Waals surface area contributed by atoms with Gasteiger partial charge in [0.25, 0.3) is 6.33 Å². The average molecular weight is 546 g/mol. The van der Waals surface area contributed by atoms with Gasteiger partial charge in [0, 0.05) is 30.7 Å². The van der Waals surface area contributed by atoms with Crippen LogP contribution in [0.5, 0.6) is 0 Å². The minimum absolute atomic E-state index is 0.0710. The highest BCUT2D eigenvalue weighted by Gasteiger charge is 2.27. The normalized spacial score (nSPS) is 12.1. The van der Waals surface area contributed by atoms with Crippen LogP contribution < -0.4 is 9.46 Å². The molecule has 0 aliphatic carbocycles. The molecule has 5 aromatic heterocycles. The summed E-state index contributed by atoms with van der Waals surface area (Å²) in [6, 6.07) is 8.93. The van der Waals surface area contributed by atoms with Crippen LogP contribution in [0.1, 0.15) is 11.7 Å². The van der Waals surface area contributed by atoms with Gasteiger partial charge >= 0.3 is 0 Å². The van der Waals surface area contributed by atoms with Crippen LogP contribution in [0.3, 0.4) is 0 Å². The summed E-state index contributed by atoms with van der Waals surface area (Å²) in [5.41, 5.74) is 2.19. The van der Waals surface area contributed by atoms with Crippen molar-refractivity contribution in [2.24, 2.45) is 0 Å². The Morgan fingerprint density at radius 3 is 2.69 bits per heavy atom. The molecular weight excluding hydrogens is 529 g/mol. The first-order valence-corrected chi connectivity index (χ1v) is 11.9. The third-order valence-corrected chi connectivity index (χ3v) is 6.36. The molecule has 15 heteroatoms. The van der Waals surface area contributed by atoms with Crippen LogP contribution in [-0.2, 0) is 6.54 Å². The Morgan fingerprint density at radius 2 is 1.97 bits per heavy atom. The fourth-order valence-corrected chi connectivity index (χ4v) is 4.39. The van der Waals surface area contributed by atoms with Crippen molar-refractivity contribution in [3.05, 3.63) is 113 Å². The van der Waals surface area contributed by atoms with Crippen molar-refractivity contribution in [1.29, 1.82) is 0 Å². The maximum absolute atomic E-state index is 15.3. The molecule has 0 radical (unpaired) electrons. The van der Waals surface area contributed by atoms with Gasteiger partial charge in [-0.15, -0.1) is 5.10 Å². The number of aromatic nitrogens is 11. The monoisotopic (exact) mass is 545 g/mol. The van der Waals surface area contributed by atoms with Gasteiger partial charge < -0.3 is 10.4 Å². The molecule has 0 saturated carbocycles. The predicted octanol–water partition coefficient (Wildman–Crippen LogP) is 2.13. The second-order valence-corrected chi connectivity index (χ2v) is 8.84. The lowest BCUT2D eigenvalue weighted by Gasteiger charge is -2.18. The molecule has 6 rings (SSSR count). The molecular formula is C24H17ClFN11O2. The second kappa shape index (κ2) is 9.90. The Morgan fingerprint density at radius 1 is 1.08 bits per heavy atom. The Hall–Kier alpha value is -5.24. The minimum atomic E-state index is -0.711. The molecule has 5 heterocycles. The van der Waals surface area contributed by atoms with Gasteiger partial charge in [-0.25, -0.2) is 9.12 Å². The second-order valence-electron chi connectivity index (χ2n) is 8.44. The minimum Gasteiger partial charge on any atom is -0.711 e. The molecule has 13 nitrogen and oxygen atoms in total. The number of benzene rings is 1. The highest BCUT2D eigenvalue weighted by Crippen LogP contribution is 2.33. The first kappa shape index (κ1) is 24.1. The van der Waals surface area contributed by atoms with E-state index in [0.29, 0.717) is 32.1 Å². The molecule has 0 fully saturated rings. The van der Waals surface area contributed by atoms with Gasteiger partial charge in [-0.05, 0) is 39.7 Å². The number of nitrogens with zero attached hydrogens (tertiary/aromatic N) is 11. The zero-order chi connectivity index (χ0) is 26.9. The van der Waals surface area contributed by atoms with Crippen molar-refractivity contribution in [2.75, 3.05) is 0 Å². The fourth-order valence-electron chi connectivity index (χ4n) is 4.23. The summed E-state index contributed by atoms with van der Waals surface area (Å²) >= 11 is 6.07. The van der Waals surface area contributed by atoms with E-state index in [-0.39, 0.29) is 22.7 Å². The van der Waals surface area contributed by atoms with Crippen molar-refractivity contribution in [3.8, 4) is 28.1 Å². The maximum Gasteiger partial charge on any atom is 0.289 e. The molecule has 1 aromatic carbocycles. The molecule has 0 amide bonds. The van der Waals surface area contributed by atoms with E-state index in [1.54, 1.807) is 64.5 Å².